The van der Waals surface area contributed by atoms with Gasteiger partial charge in [0.1, 0.15) is 23.4 Å². The summed E-state index contributed by atoms with van der Waals surface area (Å²) in [5.74, 6) is 2.92. The number of ether oxygens (including phenoxy) is 2. The van der Waals surface area contributed by atoms with Crippen LogP contribution < -0.4 is 19.7 Å². The summed E-state index contributed by atoms with van der Waals surface area (Å²) in [4.78, 5) is 7.39. The highest BCUT2D eigenvalue weighted by atomic mass is 16.5. The minimum absolute atomic E-state index is 0.173. The van der Waals surface area contributed by atoms with Crippen molar-refractivity contribution in [2.24, 2.45) is 0 Å². The number of methoxy groups -OCH3 is 1. The number of hydrogen-bond acceptors (Lipinski definition) is 6. The lowest BCUT2D eigenvalue weighted by molar-refractivity contribution is 0.166. The SMILES string of the molecule is CCc1cnn2c(N3CC(Oc4ccc(OC)cc4)C3)c3c(nc12)CCNCC3. The Kier molecular flexibility index (Phi) is 4.75. The van der Waals surface area contributed by atoms with Gasteiger partial charge in [0, 0.05) is 24.1 Å². The van der Waals surface area contributed by atoms with Gasteiger partial charge in [-0.3, -0.25) is 0 Å². The largest absolute Gasteiger partial charge is 0.497 e. The Labute approximate surface area is 170 Å². The molecule has 1 saturated heterocycles. The third kappa shape index (κ3) is 3.29. The average Bonchev–Trinajstić information content (AvgIpc) is 2.98. The third-order valence-electron chi connectivity index (χ3n) is 5.86. The fraction of sp³-hybridized carbons (Fsp3) is 0.455. The number of rotatable bonds is 5. The van der Waals surface area contributed by atoms with Crippen molar-refractivity contribution in [3.05, 3.63) is 47.3 Å². The second kappa shape index (κ2) is 7.55. The Morgan fingerprint density at radius 3 is 2.62 bits per heavy atom. The van der Waals surface area contributed by atoms with E-state index in [4.69, 9.17) is 19.6 Å². The van der Waals surface area contributed by atoms with Crippen LogP contribution in [0, 0.1) is 0 Å². The lowest BCUT2D eigenvalue weighted by Gasteiger charge is -2.41. The van der Waals surface area contributed by atoms with Crippen LogP contribution in [0.5, 0.6) is 11.5 Å². The Morgan fingerprint density at radius 2 is 1.86 bits per heavy atom. The van der Waals surface area contributed by atoms with E-state index in [1.54, 1.807) is 7.11 Å². The molecule has 7 heteroatoms. The quantitative estimate of drug-likeness (QED) is 0.717. The summed E-state index contributed by atoms with van der Waals surface area (Å²) in [7, 11) is 1.67. The molecule has 0 bridgehead atoms. The van der Waals surface area contributed by atoms with Gasteiger partial charge in [0.2, 0.25) is 0 Å². The summed E-state index contributed by atoms with van der Waals surface area (Å²) < 4.78 is 13.4. The van der Waals surface area contributed by atoms with E-state index in [0.29, 0.717) is 0 Å². The smallest absolute Gasteiger partial charge is 0.160 e. The van der Waals surface area contributed by atoms with Crippen molar-refractivity contribution < 1.29 is 9.47 Å². The van der Waals surface area contributed by atoms with Crippen molar-refractivity contribution in [1.82, 2.24) is 19.9 Å². The summed E-state index contributed by atoms with van der Waals surface area (Å²) >= 11 is 0. The molecule has 1 aromatic carbocycles. The molecule has 0 atom stereocenters. The van der Waals surface area contributed by atoms with Gasteiger partial charge in [-0.15, -0.1) is 0 Å². The zero-order valence-corrected chi connectivity index (χ0v) is 17.0. The van der Waals surface area contributed by atoms with Crippen LogP contribution in [0.15, 0.2) is 30.5 Å². The van der Waals surface area contributed by atoms with E-state index in [9.17, 15) is 0 Å². The van der Waals surface area contributed by atoms with Crippen LogP contribution in [0.3, 0.4) is 0 Å². The molecule has 0 saturated carbocycles. The number of aryl methyl sites for hydroxylation is 1. The molecule has 2 aliphatic heterocycles. The van der Waals surface area contributed by atoms with Crippen molar-refractivity contribution in [3.8, 4) is 11.5 Å². The molecule has 0 spiro atoms. The van der Waals surface area contributed by atoms with Crippen molar-refractivity contribution in [2.75, 3.05) is 38.2 Å². The Hall–Kier alpha value is -2.80. The topological polar surface area (TPSA) is 63.9 Å². The third-order valence-corrected chi connectivity index (χ3v) is 5.86. The average molecular weight is 393 g/mol. The maximum Gasteiger partial charge on any atom is 0.160 e. The van der Waals surface area contributed by atoms with Gasteiger partial charge in [-0.2, -0.15) is 9.61 Å². The molecule has 7 nitrogen and oxygen atoms in total. The minimum atomic E-state index is 0.173. The molecule has 3 aromatic rings. The van der Waals surface area contributed by atoms with Crippen LogP contribution in [-0.4, -0.2) is 54.0 Å². The molecular formula is C22H27N5O2. The van der Waals surface area contributed by atoms with Gasteiger partial charge in [0.15, 0.2) is 5.65 Å². The zero-order valence-electron chi connectivity index (χ0n) is 17.0. The van der Waals surface area contributed by atoms with E-state index in [1.807, 2.05) is 35.0 Å². The molecule has 5 rings (SSSR count). The number of nitrogens with zero attached hydrogens (tertiary/aromatic N) is 4. The highest BCUT2D eigenvalue weighted by Gasteiger charge is 2.33. The molecule has 0 amide bonds. The van der Waals surface area contributed by atoms with Gasteiger partial charge in [0.05, 0.1) is 32.1 Å². The zero-order chi connectivity index (χ0) is 19.8. The monoisotopic (exact) mass is 393 g/mol. The lowest BCUT2D eigenvalue weighted by atomic mass is 10.1. The molecule has 2 aromatic heterocycles. The van der Waals surface area contributed by atoms with E-state index >= 15 is 0 Å². The van der Waals surface area contributed by atoms with E-state index in [1.165, 1.54) is 22.6 Å². The van der Waals surface area contributed by atoms with Gasteiger partial charge >= 0.3 is 0 Å². The fourth-order valence-electron chi connectivity index (χ4n) is 4.22. The lowest BCUT2D eigenvalue weighted by Crippen LogP contribution is -2.55. The number of fused-ring (bicyclic) bond motifs is 2. The van der Waals surface area contributed by atoms with Gasteiger partial charge in [0.25, 0.3) is 0 Å². The van der Waals surface area contributed by atoms with Crippen molar-refractivity contribution in [3.63, 3.8) is 0 Å². The van der Waals surface area contributed by atoms with Crippen LogP contribution in [0.25, 0.3) is 5.65 Å². The predicted molar refractivity (Wildman–Crippen MR) is 112 cm³/mol. The minimum Gasteiger partial charge on any atom is -0.497 e. The molecule has 0 unspecified atom stereocenters. The van der Waals surface area contributed by atoms with Crippen LogP contribution in [0.4, 0.5) is 5.82 Å². The van der Waals surface area contributed by atoms with Crippen LogP contribution in [0.2, 0.25) is 0 Å². The molecule has 0 aliphatic carbocycles. The van der Waals surface area contributed by atoms with Gasteiger partial charge in [-0.1, -0.05) is 6.92 Å². The number of hydrogen-bond donors (Lipinski definition) is 1. The second-order valence-electron chi connectivity index (χ2n) is 7.69. The second-order valence-corrected chi connectivity index (χ2v) is 7.69. The summed E-state index contributed by atoms with van der Waals surface area (Å²) in [5, 5.41) is 8.20. The highest BCUT2D eigenvalue weighted by molar-refractivity contribution is 5.61. The maximum atomic E-state index is 6.15. The number of aromatic nitrogens is 3. The molecule has 29 heavy (non-hydrogen) atoms. The summed E-state index contributed by atoms with van der Waals surface area (Å²) in [6.45, 7) is 5.83. The normalized spacial score (nSPS) is 17.0. The summed E-state index contributed by atoms with van der Waals surface area (Å²) in [6.07, 6.45) is 5.03. The van der Waals surface area contributed by atoms with Gasteiger partial charge in [-0.05, 0) is 43.7 Å². The standard InChI is InChI=1S/C22H27N5O2/c1-3-15-12-24-27-21(15)25-20-9-11-23-10-8-19(20)22(27)26-13-18(14-26)29-17-6-4-16(28-2)5-7-17/h4-7,12,18,23H,3,8-11,13-14H2,1-2H3. The maximum absolute atomic E-state index is 6.15. The van der Waals surface area contributed by atoms with Gasteiger partial charge in [-0.25, -0.2) is 4.98 Å². The number of benzene rings is 1. The first-order valence-corrected chi connectivity index (χ1v) is 10.4. The molecule has 1 N–H and O–H groups in total. The summed E-state index contributed by atoms with van der Waals surface area (Å²) in [5.41, 5.74) is 4.75. The molecular weight excluding hydrogens is 366 g/mol. The number of anilines is 1. The fourth-order valence-corrected chi connectivity index (χ4v) is 4.22. The molecule has 4 heterocycles. The van der Waals surface area contributed by atoms with Crippen LogP contribution in [-0.2, 0) is 19.3 Å². The summed E-state index contributed by atoms with van der Waals surface area (Å²) in [6, 6.07) is 7.79. The number of nitrogens with one attached hydrogen (secondary N) is 1. The Balaban J connectivity index is 1.41. The van der Waals surface area contributed by atoms with Crippen LogP contribution >= 0.6 is 0 Å². The molecule has 2 aliphatic rings. The van der Waals surface area contributed by atoms with Crippen molar-refractivity contribution in [2.45, 2.75) is 32.3 Å². The Morgan fingerprint density at radius 1 is 1.10 bits per heavy atom. The predicted octanol–water partition coefficient (Wildman–Crippen LogP) is 2.26. The Bertz CT molecular complexity index is 1010. The van der Waals surface area contributed by atoms with E-state index in [-0.39, 0.29) is 6.10 Å². The molecule has 1 fully saturated rings. The van der Waals surface area contributed by atoms with Crippen molar-refractivity contribution >= 4 is 11.5 Å². The van der Waals surface area contributed by atoms with Gasteiger partial charge < -0.3 is 19.7 Å². The first-order chi connectivity index (χ1) is 14.3. The van der Waals surface area contributed by atoms with E-state index in [2.05, 4.69) is 17.1 Å². The molecule has 0 radical (unpaired) electrons. The van der Waals surface area contributed by atoms with E-state index < -0.39 is 0 Å². The highest BCUT2D eigenvalue weighted by Crippen LogP contribution is 2.32. The van der Waals surface area contributed by atoms with Crippen LogP contribution in [0.1, 0.15) is 23.7 Å². The van der Waals surface area contributed by atoms with Crippen molar-refractivity contribution in [1.29, 1.82) is 0 Å². The molecule has 152 valence electrons. The first kappa shape index (κ1) is 18.2. The first-order valence-electron chi connectivity index (χ1n) is 10.4. The van der Waals surface area contributed by atoms with E-state index in [0.717, 1.165) is 62.6 Å².